The molecule has 8 heteroatoms. The summed E-state index contributed by atoms with van der Waals surface area (Å²) in [5, 5.41) is 5.70. The van der Waals surface area contributed by atoms with Crippen molar-refractivity contribution in [1.29, 1.82) is 0 Å². The molecule has 0 saturated heterocycles. The number of hydrogen-bond donors (Lipinski definition) is 3. The van der Waals surface area contributed by atoms with Crippen LogP contribution in [0.15, 0.2) is 42.5 Å². The second-order valence-electron chi connectivity index (χ2n) is 8.87. The number of amides is 3. The van der Waals surface area contributed by atoms with Crippen LogP contribution in [-0.2, 0) is 11.3 Å². The molecule has 2 aromatic rings. The second-order valence-corrected chi connectivity index (χ2v) is 8.87. The van der Waals surface area contributed by atoms with Gasteiger partial charge in [-0.05, 0) is 68.1 Å². The lowest BCUT2D eigenvalue weighted by atomic mass is 10.1. The Bertz CT molecular complexity index is 1030. The molecule has 0 atom stereocenters. The minimum absolute atomic E-state index is 0.0504. The Labute approximate surface area is 199 Å². The Morgan fingerprint density at radius 2 is 1.76 bits per heavy atom. The van der Waals surface area contributed by atoms with Crippen molar-refractivity contribution in [2.45, 2.75) is 51.1 Å². The van der Waals surface area contributed by atoms with E-state index in [1.165, 1.54) is 0 Å². The zero-order valence-corrected chi connectivity index (χ0v) is 19.3. The van der Waals surface area contributed by atoms with E-state index in [9.17, 15) is 14.4 Å². The minimum Gasteiger partial charge on any atom is -0.482 e. The van der Waals surface area contributed by atoms with Gasteiger partial charge in [-0.25, -0.2) is 0 Å². The number of nitrogens with one attached hydrogen (secondary N) is 2. The molecule has 1 heterocycles. The summed E-state index contributed by atoms with van der Waals surface area (Å²) >= 11 is 0. The number of nitrogens with two attached hydrogens (primary N) is 1. The third-order valence-electron chi connectivity index (χ3n) is 6.10. The second kappa shape index (κ2) is 11.2. The van der Waals surface area contributed by atoms with Crippen molar-refractivity contribution in [2.24, 2.45) is 5.73 Å². The molecule has 1 aliphatic carbocycles. The van der Waals surface area contributed by atoms with E-state index in [2.05, 4.69) is 10.6 Å². The van der Waals surface area contributed by atoms with Crippen molar-refractivity contribution in [2.75, 3.05) is 25.0 Å². The van der Waals surface area contributed by atoms with Crippen LogP contribution >= 0.6 is 0 Å². The first-order valence-corrected chi connectivity index (χ1v) is 12.0. The van der Waals surface area contributed by atoms with Crippen molar-refractivity contribution in [1.82, 2.24) is 10.2 Å². The normalized spacial score (nSPS) is 14.6. The van der Waals surface area contributed by atoms with Crippen molar-refractivity contribution in [3.05, 3.63) is 59.2 Å². The van der Waals surface area contributed by atoms with Gasteiger partial charge in [0.05, 0.1) is 5.69 Å². The lowest BCUT2D eigenvalue weighted by molar-refractivity contribution is -0.118. The lowest BCUT2D eigenvalue weighted by Crippen LogP contribution is -2.33. The minimum atomic E-state index is -0.203. The van der Waals surface area contributed by atoms with E-state index in [1.807, 2.05) is 29.2 Å². The van der Waals surface area contributed by atoms with E-state index < -0.39 is 0 Å². The Hall–Kier alpha value is -3.39. The standard InChI is InChI=1S/C26H32N4O4/c27-13-3-1-2-4-14-28-25(32)19-7-5-18(6-8-19)16-30(21-10-11-21)26(33)20-9-12-22-23(15-20)34-17-24(31)29-22/h5-9,12,15,21H,1-4,10-11,13-14,16-17,27H2,(H,28,32)(H,29,31). The highest BCUT2D eigenvalue weighted by Crippen LogP contribution is 2.33. The van der Waals surface area contributed by atoms with E-state index in [-0.39, 0.29) is 30.4 Å². The largest absolute Gasteiger partial charge is 0.482 e. The number of carbonyl (C=O) groups is 3. The van der Waals surface area contributed by atoms with Gasteiger partial charge in [0.15, 0.2) is 6.61 Å². The summed E-state index contributed by atoms with van der Waals surface area (Å²) in [6.07, 6.45) is 6.08. The van der Waals surface area contributed by atoms with Crippen LogP contribution in [0, 0.1) is 0 Å². The van der Waals surface area contributed by atoms with Crippen LogP contribution in [0.3, 0.4) is 0 Å². The van der Waals surface area contributed by atoms with Gasteiger partial charge in [-0.3, -0.25) is 14.4 Å². The average molecular weight is 465 g/mol. The Kier molecular flexibility index (Phi) is 7.80. The zero-order valence-electron chi connectivity index (χ0n) is 19.3. The van der Waals surface area contributed by atoms with Crippen LogP contribution < -0.4 is 21.1 Å². The maximum absolute atomic E-state index is 13.3. The van der Waals surface area contributed by atoms with Crippen molar-refractivity contribution < 1.29 is 19.1 Å². The Morgan fingerprint density at radius 3 is 2.50 bits per heavy atom. The highest BCUT2D eigenvalue weighted by Gasteiger charge is 2.33. The van der Waals surface area contributed by atoms with Gasteiger partial charge in [-0.2, -0.15) is 0 Å². The smallest absolute Gasteiger partial charge is 0.262 e. The number of unbranched alkanes of at least 4 members (excludes halogenated alkanes) is 3. The van der Waals surface area contributed by atoms with Gasteiger partial charge in [0, 0.05) is 30.3 Å². The maximum atomic E-state index is 13.3. The molecule has 1 aliphatic heterocycles. The van der Waals surface area contributed by atoms with E-state index in [1.54, 1.807) is 18.2 Å². The van der Waals surface area contributed by atoms with E-state index in [4.69, 9.17) is 10.5 Å². The van der Waals surface area contributed by atoms with Crippen molar-refractivity contribution >= 4 is 23.4 Å². The molecule has 0 bridgehead atoms. The molecule has 0 spiro atoms. The topological polar surface area (TPSA) is 114 Å². The zero-order chi connectivity index (χ0) is 23.9. The van der Waals surface area contributed by atoms with E-state index in [0.717, 1.165) is 44.1 Å². The number of carbonyl (C=O) groups excluding carboxylic acids is 3. The summed E-state index contributed by atoms with van der Waals surface area (Å²) < 4.78 is 5.46. The molecular weight excluding hydrogens is 432 g/mol. The summed E-state index contributed by atoms with van der Waals surface area (Å²) in [6.45, 7) is 1.79. The molecule has 4 N–H and O–H groups in total. The van der Waals surface area contributed by atoms with Crippen LogP contribution in [0.5, 0.6) is 5.75 Å². The molecular formula is C26H32N4O4. The molecule has 4 rings (SSSR count). The van der Waals surface area contributed by atoms with Gasteiger partial charge in [0.25, 0.3) is 17.7 Å². The van der Waals surface area contributed by atoms with Gasteiger partial charge >= 0.3 is 0 Å². The fraction of sp³-hybridized carbons (Fsp3) is 0.423. The van der Waals surface area contributed by atoms with Crippen LogP contribution in [0.2, 0.25) is 0 Å². The monoisotopic (exact) mass is 464 g/mol. The molecule has 1 fully saturated rings. The third kappa shape index (κ3) is 6.14. The van der Waals surface area contributed by atoms with E-state index in [0.29, 0.717) is 42.2 Å². The van der Waals surface area contributed by atoms with Gasteiger partial charge < -0.3 is 26.0 Å². The van der Waals surface area contributed by atoms with Gasteiger partial charge in [-0.1, -0.05) is 25.0 Å². The predicted molar refractivity (Wildman–Crippen MR) is 130 cm³/mol. The fourth-order valence-electron chi connectivity index (χ4n) is 4.01. The number of benzene rings is 2. The molecule has 0 unspecified atom stereocenters. The van der Waals surface area contributed by atoms with Crippen LogP contribution in [0.1, 0.15) is 64.8 Å². The summed E-state index contributed by atoms with van der Waals surface area (Å²) in [5.41, 5.74) is 8.19. The first-order valence-electron chi connectivity index (χ1n) is 12.0. The van der Waals surface area contributed by atoms with Crippen LogP contribution in [-0.4, -0.2) is 48.4 Å². The average Bonchev–Trinajstić information content (AvgIpc) is 3.69. The number of rotatable bonds is 11. The van der Waals surface area contributed by atoms with Gasteiger partial charge in [-0.15, -0.1) is 0 Å². The number of fused-ring (bicyclic) bond motifs is 1. The molecule has 3 amide bonds. The molecule has 0 aromatic heterocycles. The summed E-state index contributed by atoms with van der Waals surface area (Å²) in [5.74, 6) is 0.158. The SMILES string of the molecule is NCCCCCCNC(=O)c1ccc(CN(C(=O)c2ccc3c(c2)OCC(=O)N3)C2CC2)cc1. The summed E-state index contributed by atoms with van der Waals surface area (Å²) in [7, 11) is 0. The Balaban J connectivity index is 1.35. The van der Waals surface area contributed by atoms with Gasteiger partial charge in [0.2, 0.25) is 0 Å². The van der Waals surface area contributed by atoms with Crippen molar-refractivity contribution in [3.63, 3.8) is 0 Å². The number of nitrogens with zero attached hydrogens (tertiary/aromatic N) is 1. The summed E-state index contributed by atoms with van der Waals surface area (Å²) in [6, 6.07) is 12.8. The summed E-state index contributed by atoms with van der Waals surface area (Å²) in [4.78, 5) is 39.0. The van der Waals surface area contributed by atoms with Gasteiger partial charge in [0.1, 0.15) is 5.75 Å². The molecule has 0 radical (unpaired) electrons. The van der Waals surface area contributed by atoms with E-state index >= 15 is 0 Å². The highest BCUT2D eigenvalue weighted by molar-refractivity contribution is 5.99. The maximum Gasteiger partial charge on any atom is 0.262 e. The van der Waals surface area contributed by atoms with Crippen molar-refractivity contribution in [3.8, 4) is 5.75 Å². The first-order chi connectivity index (χ1) is 16.5. The number of hydrogen-bond acceptors (Lipinski definition) is 5. The fourth-order valence-corrected chi connectivity index (χ4v) is 4.01. The molecule has 8 nitrogen and oxygen atoms in total. The molecule has 2 aliphatic rings. The van der Waals surface area contributed by atoms with Crippen LogP contribution in [0.25, 0.3) is 0 Å². The lowest BCUT2D eigenvalue weighted by Gasteiger charge is -2.24. The third-order valence-corrected chi connectivity index (χ3v) is 6.10. The molecule has 1 saturated carbocycles. The first kappa shape index (κ1) is 23.8. The quantitative estimate of drug-likeness (QED) is 0.442. The number of ether oxygens (including phenoxy) is 1. The highest BCUT2D eigenvalue weighted by atomic mass is 16.5. The molecule has 180 valence electrons. The Morgan fingerprint density at radius 1 is 1.03 bits per heavy atom. The number of anilines is 1. The molecule has 2 aromatic carbocycles. The molecule has 34 heavy (non-hydrogen) atoms. The van der Waals surface area contributed by atoms with Crippen LogP contribution in [0.4, 0.5) is 5.69 Å². The predicted octanol–water partition coefficient (Wildman–Crippen LogP) is 3.07.